The van der Waals surface area contributed by atoms with Crippen molar-refractivity contribution in [2.24, 2.45) is 0 Å². The van der Waals surface area contributed by atoms with Crippen molar-refractivity contribution in [2.45, 2.75) is 77.0 Å². The number of hydrogen-bond acceptors (Lipinski definition) is 3. The number of aromatic nitrogens is 3. The zero-order chi connectivity index (χ0) is 19.5. The number of phenolic OH excluding ortho intramolecular Hbond substituents is 1. The predicted molar refractivity (Wildman–Crippen MR) is 114 cm³/mol. The van der Waals surface area contributed by atoms with E-state index in [1.54, 1.807) is 4.80 Å². The lowest BCUT2D eigenvalue weighted by molar-refractivity contribution is 0.420. The van der Waals surface area contributed by atoms with Crippen LogP contribution in [0.5, 0.6) is 5.75 Å². The predicted octanol–water partition coefficient (Wildman–Crippen LogP) is 6.47. The molecular formula is C24H31N3O. The molecule has 0 spiro atoms. The van der Waals surface area contributed by atoms with Crippen LogP contribution in [0.2, 0.25) is 0 Å². The normalized spacial score (nSPS) is 17.4. The van der Waals surface area contributed by atoms with Gasteiger partial charge in [0.25, 0.3) is 0 Å². The third-order valence-corrected chi connectivity index (χ3v) is 6.37. The summed E-state index contributed by atoms with van der Waals surface area (Å²) in [6, 6.07) is 12.2. The van der Waals surface area contributed by atoms with E-state index in [0.29, 0.717) is 23.3 Å². The van der Waals surface area contributed by atoms with Crippen LogP contribution in [-0.2, 0) is 0 Å². The van der Waals surface area contributed by atoms with Gasteiger partial charge >= 0.3 is 0 Å². The molecule has 28 heavy (non-hydrogen) atoms. The molecule has 1 aromatic heterocycles. The first kappa shape index (κ1) is 19.0. The van der Waals surface area contributed by atoms with Crippen LogP contribution in [0.15, 0.2) is 36.4 Å². The van der Waals surface area contributed by atoms with Crippen molar-refractivity contribution in [3.8, 4) is 11.4 Å². The van der Waals surface area contributed by atoms with E-state index in [2.05, 4.69) is 36.2 Å². The Labute approximate surface area is 167 Å². The van der Waals surface area contributed by atoms with Gasteiger partial charge in [-0.15, -0.1) is 15.0 Å². The molecule has 2 aromatic carbocycles. The Morgan fingerprint density at radius 3 is 2.21 bits per heavy atom. The lowest BCUT2D eigenvalue weighted by atomic mass is 9.83. The summed E-state index contributed by atoms with van der Waals surface area (Å²) in [5.41, 5.74) is 4.78. The van der Waals surface area contributed by atoms with Gasteiger partial charge in [-0.25, -0.2) is 0 Å². The van der Waals surface area contributed by atoms with Crippen molar-refractivity contribution in [3.05, 3.63) is 47.5 Å². The molecule has 4 heteroatoms. The zero-order valence-electron chi connectivity index (χ0n) is 17.1. The SMILES string of the molecule is CCC(C)c1cc(C2CCCCCCC2)c(O)c(-n2nc3ccccc3n2)c1. The summed E-state index contributed by atoms with van der Waals surface area (Å²) in [6.07, 6.45) is 9.84. The topological polar surface area (TPSA) is 50.9 Å². The van der Waals surface area contributed by atoms with Crippen molar-refractivity contribution in [1.29, 1.82) is 0 Å². The maximum absolute atomic E-state index is 11.3. The maximum atomic E-state index is 11.3. The van der Waals surface area contributed by atoms with E-state index >= 15 is 0 Å². The van der Waals surface area contributed by atoms with Crippen LogP contribution in [-0.4, -0.2) is 20.1 Å². The van der Waals surface area contributed by atoms with Crippen LogP contribution in [0, 0.1) is 0 Å². The van der Waals surface area contributed by atoms with Gasteiger partial charge in [-0.3, -0.25) is 0 Å². The second-order valence-electron chi connectivity index (χ2n) is 8.31. The Hall–Kier alpha value is -2.36. The quantitative estimate of drug-likeness (QED) is 0.567. The molecule has 1 aliphatic carbocycles. The Morgan fingerprint density at radius 2 is 1.61 bits per heavy atom. The van der Waals surface area contributed by atoms with Crippen molar-refractivity contribution < 1.29 is 5.11 Å². The largest absolute Gasteiger partial charge is 0.505 e. The highest BCUT2D eigenvalue weighted by molar-refractivity contribution is 5.73. The Kier molecular flexibility index (Phi) is 5.65. The number of hydrogen-bond donors (Lipinski definition) is 1. The van der Waals surface area contributed by atoms with Crippen molar-refractivity contribution in [1.82, 2.24) is 15.0 Å². The molecule has 1 fully saturated rings. The molecule has 148 valence electrons. The summed E-state index contributed by atoms with van der Waals surface area (Å²) >= 11 is 0. The van der Waals surface area contributed by atoms with E-state index in [1.807, 2.05) is 24.3 Å². The summed E-state index contributed by atoms with van der Waals surface area (Å²) in [5.74, 6) is 1.22. The average Bonchev–Trinajstić information content (AvgIpc) is 3.11. The average molecular weight is 378 g/mol. The zero-order valence-corrected chi connectivity index (χ0v) is 17.1. The van der Waals surface area contributed by atoms with Crippen LogP contribution < -0.4 is 0 Å². The number of aromatic hydroxyl groups is 1. The first-order valence-electron chi connectivity index (χ1n) is 10.9. The number of rotatable bonds is 4. The van der Waals surface area contributed by atoms with E-state index in [4.69, 9.17) is 0 Å². The number of fused-ring (bicyclic) bond motifs is 1. The lowest BCUT2D eigenvalue weighted by Gasteiger charge is -2.24. The molecule has 4 rings (SSSR count). The number of nitrogens with zero attached hydrogens (tertiary/aromatic N) is 3. The van der Waals surface area contributed by atoms with E-state index < -0.39 is 0 Å². The van der Waals surface area contributed by atoms with Gasteiger partial charge in [0.2, 0.25) is 0 Å². The molecule has 0 bridgehead atoms. The summed E-state index contributed by atoms with van der Waals surface area (Å²) in [4.78, 5) is 1.62. The van der Waals surface area contributed by atoms with Crippen molar-refractivity contribution >= 4 is 11.0 Å². The minimum Gasteiger partial charge on any atom is -0.505 e. The van der Waals surface area contributed by atoms with E-state index in [1.165, 1.54) is 37.7 Å². The molecule has 0 aliphatic heterocycles. The Balaban J connectivity index is 1.82. The first-order chi connectivity index (χ1) is 13.7. The second kappa shape index (κ2) is 8.34. The Morgan fingerprint density at radius 1 is 1.00 bits per heavy atom. The molecule has 1 atom stereocenters. The molecule has 1 saturated carbocycles. The van der Waals surface area contributed by atoms with Gasteiger partial charge in [-0.05, 0) is 60.4 Å². The van der Waals surface area contributed by atoms with Crippen molar-refractivity contribution in [3.63, 3.8) is 0 Å². The molecule has 4 nitrogen and oxygen atoms in total. The van der Waals surface area contributed by atoms with Crippen LogP contribution >= 0.6 is 0 Å². The maximum Gasteiger partial charge on any atom is 0.146 e. The number of benzene rings is 2. The van der Waals surface area contributed by atoms with Crippen molar-refractivity contribution in [2.75, 3.05) is 0 Å². The highest BCUT2D eigenvalue weighted by atomic mass is 16.3. The summed E-state index contributed by atoms with van der Waals surface area (Å²) in [7, 11) is 0. The summed E-state index contributed by atoms with van der Waals surface area (Å²) in [5, 5.41) is 20.5. The summed E-state index contributed by atoms with van der Waals surface area (Å²) in [6.45, 7) is 4.47. The number of phenols is 1. The lowest BCUT2D eigenvalue weighted by Crippen LogP contribution is -2.08. The first-order valence-corrected chi connectivity index (χ1v) is 10.9. The van der Waals surface area contributed by atoms with Crippen LogP contribution in [0.3, 0.4) is 0 Å². The van der Waals surface area contributed by atoms with Gasteiger partial charge < -0.3 is 5.11 Å². The van der Waals surface area contributed by atoms with E-state index in [0.717, 1.165) is 35.9 Å². The summed E-state index contributed by atoms with van der Waals surface area (Å²) < 4.78 is 0. The van der Waals surface area contributed by atoms with Gasteiger partial charge in [-0.2, -0.15) is 0 Å². The van der Waals surface area contributed by atoms with E-state index in [-0.39, 0.29) is 0 Å². The standard InChI is InChI=1S/C24H31N3O/c1-3-17(2)19-15-20(18-11-7-5-4-6-8-12-18)24(28)23(16-19)27-25-21-13-9-10-14-22(21)26-27/h9-10,13-18,28H,3-8,11-12H2,1-2H3. The molecule has 0 amide bonds. The molecule has 1 heterocycles. The van der Waals surface area contributed by atoms with E-state index in [9.17, 15) is 5.11 Å². The molecule has 0 radical (unpaired) electrons. The van der Waals surface area contributed by atoms with Crippen LogP contribution in [0.1, 0.15) is 88.2 Å². The Bertz CT molecular complexity index is 905. The second-order valence-corrected chi connectivity index (χ2v) is 8.31. The minimum atomic E-state index is 0.359. The van der Waals surface area contributed by atoms with Gasteiger partial charge in [0.1, 0.15) is 22.5 Å². The fraction of sp³-hybridized carbons (Fsp3) is 0.500. The molecular weight excluding hydrogens is 346 g/mol. The molecule has 1 aliphatic rings. The third-order valence-electron chi connectivity index (χ3n) is 6.37. The fourth-order valence-electron chi connectivity index (χ4n) is 4.38. The van der Waals surface area contributed by atoms with Gasteiger partial charge in [0.15, 0.2) is 0 Å². The molecule has 0 saturated heterocycles. The van der Waals surface area contributed by atoms with Crippen LogP contribution in [0.25, 0.3) is 16.7 Å². The molecule has 1 unspecified atom stereocenters. The van der Waals surface area contributed by atoms with Crippen LogP contribution in [0.4, 0.5) is 0 Å². The van der Waals surface area contributed by atoms with Gasteiger partial charge in [-0.1, -0.05) is 64.2 Å². The smallest absolute Gasteiger partial charge is 0.146 e. The highest BCUT2D eigenvalue weighted by Gasteiger charge is 2.23. The third kappa shape index (κ3) is 3.78. The molecule has 1 N–H and O–H groups in total. The minimum absolute atomic E-state index is 0.359. The highest BCUT2D eigenvalue weighted by Crippen LogP contribution is 2.40. The molecule has 3 aromatic rings. The van der Waals surface area contributed by atoms with Gasteiger partial charge in [0, 0.05) is 0 Å². The monoisotopic (exact) mass is 377 g/mol. The van der Waals surface area contributed by atoms with Gasteiger partial charge in [0.05, 0.1) is 0 Å². The fourth-order valence-corrected chi connectivity index (χ4v) is 4.38.